The average molecular weight is 387 g/mol. The van der Waals surface area contributed by atoms with Gasteiger partial charge in [0.05, 0.1) is 11.3 Å². The van der Waals surface area contributed by atoms with Crippen molar-refractivity contribution in [2.24, 2.45) is 11.7 Å². The lowest BCUT2D eigenvalue weighted by molar-refractivity contribution is -0.137. The monoisotopic (exact) mass is 387 g/mol. The summed E-state index contributed by atoms with van der Waals surface area (Å²) in [6.45, 7) is 0. The highest BCUT2D eigenvalue weighted by Crippen LogP contribution is 2.47. The second-order valence-electron chi connectivity index (χ2n) is 7.15. The van der Waals surface area contributed by atoms with Gasteiger partial charge in [0.2, 0.25) is 5.91 Å². The van der Waals surface area contributed by atoms with E-state index in [2.05, 4.69) is 0 Å². The van der Waals surface area contributed by atoms with E-state index in [4.69, 9.17) is 10.8 Å². The maximum atomic E-state index is 12.8. The van der Waals surface area contributed by atoms with Crippen molar-refractivity contribution in [1.82, 2.24) is 0 Å². The number of carbonyl (C=O) groups excluding carboxylic acids is 1. The van der Waals surface area contributed by atoms with Crippen molar-refractivity contribution in [2.75, 3.05) is 0 Å². The zero-order chi connectivity index (χ0) is 20.7. The van der Waals surface area contributed by atoms with E-state index in [0.717, 1.165) is 16.7 Å². The quantitative estimate of drug-likeness (QED) is 0.535. The third kappa shape index (κ3) is 4.21. The van der Waals surface area contributed by atoms with Crippen molar-refractivity contribution < 1.29 is 14.7 Å². The molecule has 0 saturated carbocycles. The first kappa shape index (κ1) is 20.3. The van der Waals surface area contributed by atoms with Gasteiger partial charge in [0, 0.05) is 6.42 Å². The molecule has 4 nitrogen and oxygen atoms in total. The summed E-state index contributed by atoms with van der Waals surface area (Å²) in [6, 6.07) is 29.6. The Hall–Kier alpha value is -3.40. The number of nitrogens with two attached hydrogens (primary N) is 1. The lowest BCUT2D eigenvalue weighted by atomic mass is 9.60. The highest BCUT2D eigenvalue weighted by Gasteiger charge is 2.46. The Morgan fingerprint density at radius 3 is 1.45 bits per heavy atom. The molecule has 0 heterocycles. The van der Waals surface area contributed by atoms with Gasteiger partial charge in [0.1, 0.15) is 0 Å². The average Bonchev–Trinajstić information content (AvgIpc) is 2.75. The molecule has 0 aliphatic heterocycles. The van der Waals surface area contributed by atoms with Gasteiger partial charge < -0.3 is 10.8 Å². The molecule has 4 heteroatoms. The number of hydrogen-bond donors (Lipinski definition) is 2. The third-order valence-corrected chi connectivity index (χ3v) is 5.44. The van der Waals surface area contributed by atoms with Crippen LogP contribution in [0.2, 0.25) is 0 Å². The molecule has 3 N–H and O–H groups in total. The Morgan fingerprint density at radius 1 is 0.759 bits per heavy atom. The van der Waals surface area contributed by atoms with E-state index >= 15 is 0 Å². The van der Waals surface area contributed by atoms with Crippen LogP contribution in [0.5, 0.6) is 0 Å². The van der Waals surface area contributed by atoms with Gasteiger partial charge in [0.15, 0.2) is 0 Å². The van der Waals surface area contributed by atoms with Gasteiger partial charge in [-0.1, -0.05) is 91.0 Å². The van der Waals surface area contributed by atoms with E-state index in [0.29, 0.717) is 12.8 Å². The molecule has 0 aromatic heterocycles. The molecule has 1 atom stereocenters. The van der Waals surface area contributed by atoms with E-state index in [-0.39, 0.29) is 6.42 Å². The zero-order valence-electron chi connectivity index (χ0n) is 16.2. The van der Waals surface area contributed by atoms with E-state index in [1.165, 1.54) is 0 Å². The molecule has 3 aromatic rings. The topological polar surface area (TPSA) is 80.4 Å². The van der Waals surface area contributed by atoms with Crippen molar-refractivity contribution in [3.8, 4) is 0 Å². The molecule has 1 unspecified atom stereocenters. The minimum atomic E-state index is -0.877. The standard InChI is InChI=1S/C25H25NO3/c26-24(29)22(17-10-18-23(27)28)25(19-11-4-1-5-12-19,20-13-6-2-7-14-20)21-15-8-3-9-16-21/h1-9,11-16,22H,10,17-18H2,(H2,26,29)(H,27,28). The van der Waals surface area contributed by atoms with Gasteiger partial charge in [-0.25, -0.2) is 0 Å². The van der Waals surface area contributed by atoms with E-state index in [1.54, 1.807) is 0 Å². The van der Waals surface area contributed by atoms with Crippen molar-refractivity contribution in [3.05, 3.63) is 108 Å². The maximum absolute atomic E-state index is 12.8. The summed E-state index contributed by atoms with van der Waals surface area (Å²) in [7, 11) is 0. The predicted octanol–water partition coefficient (Wildman–Crippen LogP) is 4.38. The number of carboxylic acids is 1. The summed E-state index contributed by atoms with van der Waals surface area (Å²) in [5.41, 5.74) is 8.02. The van der Waals surface area contributed by atoms with Crippen LogP contribution in [0.25, 0.3) is 0 Å². The minimum absolute atomic E-state index is 0.00176. The van der Waals surface area contributed by atoms with Crippen molar-refractivity contribution >= 4 is 11.9 Å². The Labute approximate surface area is 171 Å². The molecular weight excluding hydrogens is 362 g/mol. The molecule has 0 bridgehead atoms. The SMILES string of the molecule is NC(=O)C(CCCC(=O)O)C(c1ccccc1)(c1ccccc1)c1ccccc1. The Balaban J connectivity index is 2.29. The molecule has 0 radical (unpaired) electrons. The fourth-order valence-corrected chi connectivity index (χ4v) is 4.24. The van der Waals surface area contributed by atoms with Crippen molar-refractivity contribution in [1.29, 1.82) is 0 Å². The number of rotatable bonds is 9. The van der Waals surface area contributed by atoms with Gasteiger partial charge in [-0.15, -0.1) is 0 Å². The molecule has 0 saturated heterocycles. The summed E-state index contributed by atoms with van der Waals surface area (Å²) in [6.07, 6.45) is 0.746. The van der Waals surface area contributed by atoms with Crippen LogP contribution in [0.1, 0.15) is 36.0 Å². The van der Waals surface area contributed by atoms with E-state index in [1.807, 2.05) is 91.0 Å². The molecule has 0 spiro atoms. The van der Waals surface area contributed by atoms with Crippen LogP contribution in [0, 0.1) is 5.92 Å². The van der Waals surface area contributed by atoms with Crippen LogP contribution in [0.4, 0.5) is 0 Å². The number of amides is 1. The largest absolute Gasteiger partial charge is 0.481 e. The molecule has 0 fully saturated rings. The van der Waals surface area contributed by atoms with Gasteiger partial charge in [-0.05, 0) is 29.5 Å². The van der Waals surface area contributed by atoms with Gasteiger partial charge in [-0.3, -0.25) is 9.59 Å². The van der Waals surface area contributed by atoms with Crippen molar-refractivity contribution in [3.63, 3.8) is 0 Å². The molecule has 148 valence electrons. The maximum Gasteiger partial charge on any atom is 0.303 e. The normalized spacial score (nSPS) is 12.3. The minimum Gasteiger partial charge on any atom is -0.481 e. The fourth-order valence-electron chi connectivity index (χ4n) is 4.24. The van der Waals surface area contributed by atoms with Crippen LogP contribution < -0.4 is 5.73 Å². The van der Waals surface area contributed by atoms with Crippen LogP contribution in [-0.4, -0.2) is 17.0 Å². The van der Waals surface area contributed by atoms with E-state index < -0.39 is 23.2 Å². The number of hydrogen-bond acceptors (Lipinski definition) is 2. The number of aliphatic carboxylic acids is 1. The number of benzene rings is 3. The Bertz CT molecular complexity index is 843. The first-order valence-electron chi connectivity index (χ1n) is 9.74. The smallest absolute Gasteiger partial charge is 0.303 e. The van der Waals surface area contributed by atoms with E-state index in [9.17, 15) is 9.59 Å². The second kappa shape index (κ2) is 9.20. The summed E-state index contributed by atoms with van der Waals surface area (Å²) < 4.78 is 0. The fraction of sp³-hybridized carbons (Fsp3) is 0.200. The Kier molecular flexibility index (Phi) is 6.45. The number of carbonyl (C=O) groups is 2. The van der Waals surface area contributed by atoms with Crippen molar-refractivity contribution in [2.45, 2.75) is 24.7 Å². The molecule has 3 aromatic carbocycles. The lowest BCUT2D eigenvalue weighted by Gasteiger charge is -2.41. The van der Waals surface area contributed by atoms with Crippen LogP contribution in [0.15, 0.2) is 91.0 Å². The molecular formula is C25H25NO3. The number of primary amides is 1. The van der Waals surface area contributed by atoms with Crippen LogP contribution in [-0.2, 0) is 15.0 Å². The highest BCUT2D eigenvalue weighted by atomic mass is 16.4. The van der Waals surface area contributed by atoms with Gasteiger partial charge >= 0.3 is 5.97 Å². The first-order chi connectivity index (χ1) is 14.1. The second-order valence-corrected chi connectivity index (χ2v) is 7.15. The molecule has 1 amide bonds. The predicted molar refractivity (Wildman–Crippen MR) is 113 cm³/mol. The molecule has 29 heavy (non-hydrogen) atoms. The summed E-state index contributed by atoms with van der Waals surface area (Å²) in [5.74, 6) is -1.92. The molecule has 3 rings (SSSR count). The van der Waals surface area contributed by atoms with Crippen LogP contribution in [0.3, 0.4) is 0 Å². The first-order valence-corrected chi connectivity index (χ1v) is 9.74. The Morgan fingerprint density at radius 2 is 1.14 bits per heavy atom. The van der Waals surface area contributed by atoms with Gasteiger partial charge in [-0.2, -0.15) is 0 Å². The third-order valence-electron chi connectivity index (χ3n) is 5.44. The van der Waals surface area contributed by atoms with Gasteiger partial charge in [0.25, 0.3) is 0 Å². The number of carboxylic acid groups (broad SMARTS) is 1. The molecule has 0 aliphatic rings. The zero-order valence-corrected chi connectivity index (χ0v) is 16.2. The summed E-state index contributed by atoms with van der Waals surface area (Å²) in [4.78, 5) is 23.9. The lowest BCUT2D eigenvalue weighted by Crippen LogP contribution is -2.45. The van der Waals surface area contributed by atoms with Crippen LogP contribution >= 0.6 is 0 Å². The molecule has 0 aliphatic carbocycles. The summed E-state index contributed by atoms with van der Waals surface area (Å²) in [5, 5.41) is 9.10. The summed E-state index contributed by atoms with van der Waals surface area (Å²) >= 11 is 0. The highest BCUT2D eigenvalue weighted by molar-refractivity contribution is 5.81.